The highest BCUT2D eigenvalue weighted by Gasteiger charge is 2.47. The summed E-state index contributed by atoms with van der Waals surface area (Å²) in [5.41, 5.74) is 10.00. The Kier molecular flexibility index (Phi) is 3.28. The van der Waals surface area contributed by atoms with Gasteiger partial charge in [-0.05, 0) is 41.7 Å². The van der Waals surface area contributed by atoms with Crippen molar-refractivity contribution >= 4 is 0 Å². The number of benzene rings is 2. The maximum Gasteiger partial charge on any atom is 0.123 e. The molecule has 0 bridgehead atoms. The van der Waals surface area contributed by atoms with Crippen LogP contribution < -0.4 is 5.73 Å². The fraction of sp³-hybridized carbons (Fsp3) is 0.368. The Hall–Kier alpha value is -1.71. The van der Waals surface area contributed by atoms with Gasteiger partial charge in [0.1, 0.15) is 5.82 Å². The van der Waals surface area contributed by atoms with Crippen molar-refractivity contribution in [3.05, 3.63) is 71.0 Å². The van der Waals surface area contributed by atoms with E-state index in [2.05, 4.69) is 35.2 Å². The predicted octanol–water partition coefficient (Wildman–Crippen LogP) is 3.37. The Morgan fingerprint density at radius 1 is 1.14 bits per heavy atom. The smallest absolute Gasteiger partial charge is 0.123 e. The number of nitrogens with zero attached hydrogens (tertiary/aromatic N) is 1. The molecule has 2 aliphatic rings. The van der Waals surface area contributed by atoms with Crippen LogP contribution in [0, 0.1) is 5.82 Å². The van der Waals surface area contributed by atoms with Gasteiger partial charge in [-0.15, -0.1) is 0 Å². The van der Waals surface area contributed by atoms with E-state index < -0.39 is 0 Å². The van der Waals surface area contributed by atoms with Crippen LogP contribution in [0.3, 0.4) is 0 Å². The van der Waals surface area contributed by atoms with Crippen LogP contribution in [0.15, 0.2) is 48.5 Å². The van der Waals surface area contributed by atoms with E-state index in [-0.39, 0.29) is 17.3 Å². The van der Waals surface area contributed by atoms with Gasteiger partial charge in [-0.2, -0.15) is 0 Å². The summed E-state index contributed by atoms with van der Waals surface area (Å²) < 4.78 is 13.6. The average molecular weight is 296 g/mol. The first kappa shape index (κ1) is 13.9. The number of hydrogen-bond acceptors (Lipinski definition) is 2. The number of rotatable bonds is 4. The Labute approximate surface area is 130 Å². The number of halogens is 1. The summed E-state index contributed by atoms with van der Waals surface area (Å²) in [5.74, 6) is -0.164. The lowest BCUT2D eigenvalue weighted by Gasteiger charge is -2.29. The maximum absolute atomic E-state index is 13.6. The van der Waals surface area contributed by atoms with E-state index in [1.165, 1.54) is 24.0 Å². The molecule has 0 radical (unpaired) electrons. The van der Waals surface area contributed by atoms with Crippen LogP contribution in [0.5, 0.6) is 0 Å². The van der Waals surface area contributed by atoms with Crippen LogP contribution in [0.25, 0.3) is 0 Å². The third-order valence-corrected chi connectivity index (χ3v) is 5.25. The minimum Gasteiger partial charge on any atom is -0.329 e. The second-order valence-electron chi connectivity index (χ2n) is 6.65. The first-order valence-electron chi connectivity index (χ1n) is 8.00. The lowest BCUT2D eigenvalue weighted by Crippen LogP contribution is -2.34. The highest BCUT2D eigenvalue weighted by atomic mass is 19.1. The van der Waals surface area contributed by atoms with E-state index in [1.54, 1.807) is 12.1 Å². The molecular formula is C19H21FN2. The number of fused-ring (bicyclic) bond motifs is 1. The fourth-order valence-electron chi connectivity index (χ4n) is 3.86. The summed E-state index contributed by atoms with van der Waals surface area (Å²) in [6, 6.07) is 16.0. The molecule has 2 nitrogen and oxygen atoms in total. The van der Waals surface area contributed by atoms with Crippen molar-refractivity contribution in [1.82, 2.24) is 4.90 Å². The monoisotopic (exact) mass is 296 g/mol. The van der Waals surface area contributed by atoms with Gasteiger partial charge in [0.05, 0.1) is 0 Å². The molecule has 1 unspecified atom stereocenters. The third kappa shape index (κ3) is 2.25. The minimum absolute atomic E-state index is 0.145. The van der Waals surface area contributed by atoms with E-state index in [4.69, 9.17) is 5.73 Å². The molecule has 22 heavy (non-hydrogen) atoms. The summed E-state index contributed by atoms with van der Waals surface area (Å²) in [6.45, 7) is 2.43. The summed E-state index contributed by atoms with van der Waals surface area (Å²) >= 11 is 0. The Balaban J connectivity index is 1.60. The first-order chi connectivity index (χ1) is 10.7. The molecule has 1 atom stereocenters. The fourth-order valence-corrected chi connectivity index (χ4v) is 3.86. The molecule has 2 aromatic rings. The van der Waals surface area contributed by atoms with Crippen molar-refractivity contribution in [3.63, 3.8) is 0 Å². The van der Waals surface area contributed by atoms with E-state index in [0.717, 1.165) is 18.7 Å². The van der Waals surface area contributed by atoms with Crippen molar-refractivity contribution in [2.75, 3.05) is 13.1 Å². The molecule has 3 heteroatoms. The van der Waals surface area contributed by atoms with Crippen LogP contribution in [0.4, 0.5) is 4.39 Å². The Bertz CT molecular complexity index is 679. The highest BCUT2D eigenvalue weighted by molar-refractivity contribution is 5.37. The van der Waals surface area contributed by atoms with E-state index in [1.807, 2.05) is 6.07 Å². The van der Waals surface area contributed by atoms with E-state index in [9.17, 15) is 4.39 Å². The van der Waals surface area contributed by atoms with Crippen LogP contribution >= 0.6 is 0 Å². The van der Waals surface area contributed by atoms with Crippen molar-refractivity contribution in [2.45, 2.75) is 30.8 Å². The van der Waals surface area contributed by atoms with Gasteiger partial charge in [0.15, 0.2) is 0 Å². The second-order valence-corrected chi connectivity index (χ2v) is 6.65. The summed E-state index contributed by atoms with van der Waals surface area (Å²) in [4.78, 5) is 2.43. The summed E-state index contributed by atoms with van der Waals surface area (Å²) in [7, 11) is 0. The first-order valence-corrected chi connectivity index (χ1v) is 8.00. The molecule has 0 spiro atoms. The molecule has 0 aromatic heterocycles. The normalized spacial score (nSPS) is 22.5. The molecule has 1 saturated carbocycles. The topological polar surface area (TPSA) is 29.3 Å². The minimum atomic E-state index is -0.164. The van der Waals surface area contributed by atoms with Gasteiger partial charge in [0, 0.05) is 31.1 Å². The Morgan fingerprint density at radius 2 is 1.91 bits per heavy atom. The molecule has 1 aliphatic carbocycles. The summed E-state index contributed by atoms with van der Waals surface area (Å²) in [5, 5.41) is 0. The van der Waals surface area contributed by atoms with Crippen molar-refractivity contribution in [2.24, 2.45) is 5.73 Å². The molecule has 1 fully saturated rings. The quantitative estimate of drug-likeness (QED) is 0.937. The third-order valence-electron chi connectivity index (χ3n) is 5.25. The molecular weight excluding hydrogens is 275 g/mol. The molecule has 114 valence electrons. The number of hydrogen-bond donors (Lipinski definition) is 1. The second kappa shape index (κ2) is 5.18. The zero-order valence-corrected chi connectivity index (χ0v) is 12.6. The predicted molar refractivity (Wildman–Crippen MR) is 86.0 cm³/mol. The average Bonchev–Trinajstić information content (AvgIpc) is 3.24. The Morgan fingerprint density at radius 3 is 2.59 bits per heavy atom. The van der Waals surface area contributed by atoms with Crippen LogP contribution in [0.2, 0.25) is 0 Å². The van der Waals surface area contributed by atoms with E-state index >= 15 is 0 Å². The van der Waals surface area contributed by atoms with Crippen LogP contribution in [-0.2, 0) is 12.0 Å². The van der Waals surface area contributed by atoms with Gasteiger partial charge in [0.2, 0.25) is 0 Å². The van der Waals surface area contributed by atoms with Gasteiger partial charge < -0.3 is 5.73 Å². The van der Waals surface area contributed by atoms with Gasteiger partial charge in [-0.1, -0.05) is 36.4 Å². The SMILES string of the molecule is NCC1c2cc(F)ccc2CN1CC1(c2ccccc2)CC1. The molecule has 2 aromatic carbocycles. The molecule has 4 rings (SSSR count). The molecule has 1 heterocycles. The zero-order chi connectivity index (χ0) is 15.2. The van der Waals surface area contributed by atoms with Crippen molar-refractivity contribution in [3.8, 4) is 0 Å². The van der Waals surface area contributed by atoms with Gasteiger partial charge in [-0.25, -0.2) is 4.39 Å². The standard InChI is InChI=1S/C19H21FN2/c20-16-7-6-14-12-22(18(11-21)17(14)10-16)13-19(8-9-19)15-4-2-1-3-5-15/h1-7,10,18H,8-9,11-13,21H2. The summed E-state index contributed by atoms with van der Waals surface area (Å²) in [6.07, 6.45) is 2.46. The molecule has 1 aliphatic heterocycles. The van der Waals surface area contributed by atoms with Crippen LogP contribution in [-0.4, -0.2) is 18.0 Å². The lowest BCUT2D eigenvalue weighted by atomic mass is 9.95. The largest absolute Gasteiger partial charge is 0.329 e. The van der Waals surface area contributed by atoms with Crippen molar-refractivity contribution in [1.29, 1.82) is 0 Å². The lowest BCUT2D eigenvalue weighted by molar-refractivity contribution is 0.199. The van der Waals surface area contributed by atoms with Gasteiger partial charge in [0.25, 0.3) is 0 Å². The van der Waals surface area contributed by atoms with Crippen molar-refractivity contribution < 1.29 is 4.39 Å². The van der Waals surface area contributed by atoms with Crippen LogP contribution in [0.1, 0.15) is 35.6 Å². The molecule has 0 saturated heterocycles. The van der Waals surface area contributed by atoms with Gasteiger partial charge in [-0.3, -0.25) is 4.90 Å². The maximum atomic E-state index is 13.6. The number of nitrogens with two attached hydrogens (primary N) is 1. The zero-order valence-electron chi connectivity index (χ0n) is 12.6. The van der Waals surface area contributed by atoms with E-state index in [0.29, 0.717) is 6.54 Å². The molecule has 0 amide bonds. The van der Waals surface area contributed by atoms with Gasteiger partial charge >= 0.3 is 0 Å². The molecule has 2 N–H and O–H groups in total. The highest BCUT2D eigenvalue weighted by Crippen LogP contribution is 2.50.